The molecule has 1 heterocycles. The molecule has 0 bridgehead atoms. The molecule has 3 N–H and O–H groups in total. The number of aliphatic hydroxyl groups is 1. The molecule has 1 rings (SSSR count). The van der Waals surface area contributed by atoms with Gasteiger partial charge in [-0.05, 0) is 26.2 Å². The molecule has 0 aliphatic rings. The van der Waals surface area contributed by atoms with Crippen molar-refractivity contribution in [3.05, 3.63) is 0 Å². The van der Waals surface area contributed by atoms with Crippen LogP contribution in [0.2, 0.25) is 0 Å². The van der Waals surface area contributed by atoms with Crippen LogP contribution in [0.3, 0.4) is 0 Å². The minimum absolute atomic E-state index is 0.179. The number of hydrogen-bond acceptors (Lipinski definition) is 7. The topological polar surface area (TPSA) is 92.2 Å². The Bertz CT molecular complexity index is 375. The molecule has 7 heteroatoms. The summed E-state index contributed by atoms with van der Waals surface area (Å²) in [7, 11) is 1.75. The summed E-state index contributed by atoms with van der Waals surface area (Å²) >= 11 is 0. The predicted octanol–water partition coefficient (Wildman–Crippen LogP) is 1.27. The van der Waals surface area contributed by atoms with Gasteiger partial charge in [0.15, 0.2) is 0 Å². The highest BCUT2D eigenvalue weighted by Crippen LogP contribution is 2.13. The van der Waals surface area contributed by atoms with Gasteiger partial charge >= 0.3 is 6.01 Å². The highest BCUT2D eigenvalue weighted by Gasteiger charge is 2.09. The Morgan fingerprint density at radius 2 is 2.00 bits per heavy atom. The Morgan fingerprint density at radius 1 is 1.26 bits per heavy atom. The van der Waals surface area contributed by atoms with E-state index in [2.05, 4.69) is 25.6 Å². The molecule has 0 aromatic carbocycles. The van der Waals surface area contributed by atoms with E-state index in [1.54, 1.807) is 7.05 Å². The highest BCUT2D eigenvalue weighted by molar-refractivity contribution is 5.35. The van der Waals surface area contributed by atoms with Crippen LogP contribution in [0.4, 0.5) is 11.9 Å². The van der Waals surface area contributed by atoms with Crippen LogP contribution in [0.15, 0.2) is 0 Å². The van der Waals surface area contributed by atoms with Crippen LogP contribution in [0.1, 0.15) is 33.1 Å². The fourth-order valence-corrected chi connectivity index (χ4v) is 1.48. The smallest absolute Gasteiger partial charge is 0.323 e. The molecular formula is C12H23N5O2. The minimum Gasteiger partial charge on any atom is -0.463 e. The third kappa shape index (κ3) is 5.69. The van der Waals surface area contributed by atoms with E-state index in [0.717, 1.165) is 19.3 Å². The second kappa shape index (κ2) is 8.47. The van der Waals surface area contributed by atoms with Crippen molar-refractivity contribution in [3.8, 4) is 6.01 Å². The van der Waals surface area contributed by atoms with Crippen LogP contribution in [0.25, 0.3) is 0 Å². The molecular weight excluding hydrogens is 246 g/mol. The lowest BCUT2D eigenvalue weighted by Crippen LogP contribution is -2.18. The number of ether oxygens (including phenoxy) is 1. The van der Waals surface area contributed by atoms with Crippen molar-refractivity contribution in [2.75, 3.05) is 30.9 Å². The molecule has 0 saturated carbocycles. The Hall–Kier alpha value is -1.63. The summed E-state index contributed by atoms with van der Waals surface area (Å²) in [6.45, 7) is 4.81. The zero-order chi connectivity index (χ0) is 14.1. The van der Waals surface area contributed by atoms with Gasteiger partial charge in [0.1, 0.15) is 0 Å². The first-order chi connectivity index (χ1) is 9.19. The van der Waals surface area contributed by atoms with E-state index in [1.807, 2.05) is 13.8 Å². The van der Waals surface area contributed by atoms with Gasteiger partial charge in [-0.3, -0.25) is 0 Å². The van der Waals surface area contributed by atoms with Gasteiger partial charge in [-0.2, -0.15) is 15.0 Å². The van der Waals surface area contributed by atoms with Gasteiger partial charge < -0.3 is 20.5 Å². The maximum atomic E-state index is 8.81. The van der Waals surface area contributed by atoms with E-state index in [0.29, 0.717) is 24.5 Å². The number of hydrogen-bond donors (Lipinski definition) is 3. The summed E-state index contributed by atoms with van der Waals surface area (Å²) in [6.07, 6.45) is 2.50. The number of anilines is 2. The second-order valence-electron chi connectivity index (χ2n) is 4.27. The van der Waals surface area contributed by atoms with Gasteiger partial charge in [0, 0.05) is 19.7 Å². The third-order valence-electron chi connectivity index (χ3n) is 2.44. The monoisotopic (exact) mass is 269 g/mol. The van der Waals surface area contributed by atoms with Crippen molar-refractivity contribution >= 4 is 11.9 Å². The van der Waals surface area contributed by atoms with E-state index in [-0.39, 0.29) is 12.6 Å². The first-order valence-electron chi connectivity index (χ1n) is 6.63. The normalized spacial score (nSPS) is 12.0. The fourth-order valence-electron chi connectivity index (χ4n) is 1.48. The van der Waals surface area contributed by atoms with Crippen LogP contribution in [-0.2, 0) is 0 Å². The first kappa shape index (κ1) is 15.4. The van der Waals surface area contributed by atoms with Gasteiger partial charge in [-0.25, -0.2) is 0 Å². The lowest BCUT2D eigenvalue weighted by Gasteiger charge is -2.14. The van der Waals surface area contributed by atoms with Crippen molar-refractivity contribution in [2.45, 2.75) is 39.2 Å². The van der Waals surface area contributed by atoms with Gasteiger partial charge in [0.05, 0.1) is 6.61 Å². The van der Waals surface area contributed by atoms with Crippen molar-refractivity contribution in [1.29, 1.82) is 0 Å². The lowest BCUT2D eigenvalue weighted by atomic mass is 10.2. The molecule has 7 nitrogen and oxygen atoms in total. The van der Waals surface area contributed by atoms with E-state index < -0.39 is 0 Å². The Balaban J connectivity index is 2.69. The fraction of sp³-hybridized carbons (Fsp3) is 0.750. The van der Waals surface area contributed by atoms with Crippen molar-refractivity contribution < 1.29 is 9.84 Å². The quantitative estimate of drug-likeness (QED) is 0.621. The van der Waals surface area contributed by atoms with E-state index in [9.17, 15) is 0 Å². The van der Waals surface area contributed by atoms with E-state index >= 15 is 0 Å². The molecule has 1 atom stereocenters. The molecule has 19 heavy (non-hydrogen) atoms. The van der Waals surface area contributed by atoms with Crippen molar-refractivity contribution in [1.82, 2.24) is 15.0 Å². The minimum atomic E-state index is 0.179. The standard InChI is InChI=1S/C12H23N5O2/c1-4-8-19-12-16-10(13-3)15-11(17-12)14-9(2)6-5-7-18/h9,18H,4-8H2,1-3H3,(H2,13,14,15,16,17). The molecule has 1 aromatic heterocycles. The SMILES string of the molecule is CCCOc1nc(NC)nc(NC(C)CCCO)n1. The molecule has 0 aliphatic heterocycles. The number of nitrogens with one attached hydrogen (secondary N) is 2. The van der Waals surface area contributed by atoms with Crippen LogP contribution in [0.5, 0.6) is 6.01 Å². The zero-order valence-corrected chi connectivity index (χ0v) is 11.8. The molecule has 0 amide bonds. The second-order valence-corrected chi connectivity index (χ2v) is 4.27. The van der Waals surface area contributed by atoms with E-state index in [4.69, 9.17) is 9.84 Å². The zero-order valence-electron chi connectivity index (χ0n) is 11.8. The Kier molecular flexibility index (Phi) is 6.88. The molecule has 0 fully saturated rings. The maximum Gasteiger partial charge on any atom is 0.323 e. The average Bonchev–Trinajstić information content (AvgIpc) is 2.42. The molecule has 0 aliphatic carbocycles. The van der Waals surface area contributed by atoms with Crippen molar-refractivity contribution in [2.24, 2.45) is 0 Å². The van der Waals surface area contributed by atoms with Crippen LogP contribution < -0.4 is 15.4 Å². The summed E-state index contributed by atoms with van der Waals surface area (Å²) in [5.74, 6) is 0.953. The molecule has 0 saturated heterocycles. The Morgan fingerprint density at radius 3 is 2.63 bits per heavy atom. The maximum absolute atomic E-state index is 8.81. The summed E-state index contributed by atoms with van der Waals surface area (Å²) in [5, 5.41) is 14.9. The van der Waals surface area contributed by atoms with Gasteiger partial charge in [0.25, 0.3) is 0 Å². The summed E-state index contributed by atoms with van der Waals surface area (Å²) in [6, 6.07) is 0.497. The molecule has 0 radical (unpaired) electrons. The largest absolute Gasteiger partial charge is 0.463 e. The summed E-state index contributed by atoms with van der Waals surface area (Å²) in [4.78, 5) is 12.6. The number of aromatic nitrogens is 3. The van der Waals surface area contributed by atoms with Gasteiger partial charge in [0.2, 0.25) is 11.9 Å². The van der Waals surface area contributed by atoms with Gasteiger partial charge in [-0.1, -0.05) is 6.92 Å². The van der Waals surface area contributed by atoms with Crippen LogP contribution >= 0.6 is 0 Å². The van der Waals surface area contributed by atoms with Crippen molar-refractivity contribution in [3.63, 3.8) is 0 Å². The molecule has 1 unspecified atom stereocenters. The number of rotatable bonds is 9. The van der Waals surface area contributed by atoms with Gasteiger partial charge in [-0.15, -0.1) is 0 Å². The molecule has 108 valence electrons. The predicted molar refractivity (Wildman–Crippen MR) is 74.6 cm³/mol. The number of aliphatic hydroxyl groups excluding tert-OH is 1. The average molecular weight is 269 g/mol. The highest BCUT2D eigenvalue weighted by atomic mass is 16.5. The summed E-state index contributed by atoms with van der Waals surface area (Å²) < 4.78 is 5.42. The molecule has 1 aromatic rings. The lowest BCUT2D eigenvalue weighted by molar-refractivity contribution is 0.281. The summed E-state index contributed by atoms with van der Waals surface area (Å²) in [5.41, 5.74) is 0. The van der Waals surface area contributed by atoms with E-state index in [1.165, 1.54) is 0 Å². The molecule has 0 spiro atoms. The van der Waals surface area contributed by atoms with Crippen LogP contribution in [-0.4, -0.2) is 46.4 Å². The third-order valence-corrected chi connectivity index (χ3v) is 2.44. The Labute approximate surface area is 113 Å². The first-order valence-corrected chi connectivity index (χ1v) is 6.63. The van der Waals surface area contributed by atoms with Crippen LogP contribution in [0, 0.1) is 0 Å². The number of nitrogens with zero attached hydrogens (tertiary/aromatic N) is 3.